The fourth-order valence-electron chi connectivity index (χ4n) is 5.42. The van der Waals surface area contributed by atoms with E-state index in [1.807, 2.05) is 24.3 Å². The first kappa shape index (κ1) is 28.3. The van der Waals surface area contributed by atoms with Crippen LogP contribution >= 0.6 is 23.2 Å². The molecule has 0 bridgehead atoms. The molecule has 2 aromatic heterocycles. The molecule has 14 heteroatoms. The molecule has 6 rings (SSSR count). The lowest BCUT2D eigenvalue weighted by molar-refractivity contribution is -0.148. The zero-order valence-electron chi connectivity index (χ0n) is 22.4. The fourth-order valence-corrected chi connectivity index (χ4v) is 7.74. The summed E-state index contributed by atoms with van der Waals surface area (Å²) < 4.78 is 35.2. The molecule has 2 aromatic carbocycles. The largest absolute Gasteiger partial charge is 0.468 e. The van der Waals surface area contributed by atoms with Gasteiger partial charge in [-0.2, -0.15) is 4.31 Å². The van der Waals surface area contributed by atoms with Crippen molar-refractivity contribution in [2.24, 2.45) is 0 Å². The molecule has 0 radical (unpaired) electrons. The molecule has 0 spiro atoms. The molecule has 2 atom stereocenters. The number of sulfonamides is 1. The number of benzene rings is 2. The third kappa shape index (κ3) is 4.55. The molecule has 4 aromatic rings. The van der Waals surface area contributed by atoms with Crippen LogP contribution in [0.25, 0.3) is 11.1 Å². The topological polar surface area (TPSA) is 128 Å². The van der Waals surface area contributed by atoms with Gasteiger partial charge in [0.05, 0.1) is 19.0 Å². The summed E-state index contributed by atoms with van der Waals surface area (Å²) >= 11 is 12.5. The van der Waals surface area contributed by atoms with Crippen LogP contribution in [0.4, 0.5) is 11.6 Å². The van der Waals surface area contributed by atoms with Crippen molar-refractivity contribution < 1.29 is 22.7 Å². The Hall–Kier alpha value is -3.84. The molecule has 4 heterocycles. The molecular formula is C28H24Cl2N6O5S. The van der Waals surface area contributed by atoms with E-state index in [9.17, 15) is 18.0 Å². The Labute approximate surface area is 251 Å². The van der Waals surface area contributed by atoms with Crippen LogP contribution in [0.3, 0.4) is 0 Å². The van der Waals surface area contributed by atoms with Gasteiger partial charge in [-0.25, -0.2) is 28.3 Å². The molecule has 0 N–H and O–H groups in total. The molecule has 0 aliphatic carbocycles. The van der Waals surface area contributed by atoms with Gasteiger partial charge in [-0.1, -0.05) is 47.5 Å². The van der Waals surface area contributed by atoms with Crippen molar-refractivity contribution in [2.75, 3.05) is 18.6 Å². The third-order valence-corrected chi connectivity index (χ3v) is 9.89. The highest BCUT2D eigenvalue weighted by Gasteiger charge is 2.54. The number of nitrogens with zero attached hydrogens (tertiary/aromatic N) is 6. The Kier molecular flexibility index (Phi) is 7.04. The molecule has 2 aliphatic heterocycles. The second-order valence-electron chi connectivity index (χ2n) is 10.2. The van der Waals surface area contributed by atoms with Crippen LogP contribution in [-0.4, -0.2) is 63.8 Å². The fraction of sp³-hybridized carbons (Fsp3) is 0.250. The number of halogens is 2. The predicted octanol–water partition coefficient (Wildman–Crippen LogP) is 4.22. The summed E-state index contributed by atoms with van der Waals surface area (Å²) in [4.78, 5) is 40.4. The predicted molar refractivity (Wildman–Crippen MR) is 155 cm³/mol. The van der Waals surface area contributed by atoms with Gasteiger partial charge in [0.1, 0.15) is 17.9 Å². The van der Waals surface area contributed by atoms with Crippen LogP contribution in [0.2, 0.25) is 10.0 Å². The minimum absolute atomic E-state index is 0.0904. The monoisotopic (exact) mass is 626 g/mol. The molecule has 2 aliphatic rings. The average molecular weight is 628 g/mol. The third-order valence-electron chi connectivity index (χ3n) is 7.59. The van der Waals surface area contributed by atoms with Crippen LogP contribution in [0.5, 0.6) is 0 Å². The van der Waals surface area contributed by atoms with E-state index in [0.717, 1.165) is 21.0 Å². The van der Waals surface area contributed by atoms with Crippen LogP contribution in [-0.2, 0) is 36.3 Å². The first-order valence-corrected chi connectivity index (χ1v) is 15.1. The molecule has 1 amide bonds. The van der Waals surface area contributed by atoms with E-state index in [4.69, 9.17) is 27.9 Å². The SMILES string of the molecule is COC(=O)[C@@H]1CCN1S(=O)(=O)c1cnc2n1[C@](C)(Cc1ccc(-c3cncnc3)cc1)C(=O)N2c1cc(Cl)cc(Cl)c1. The number of ether oxygens (including phenoxy) is 1. The van der Waals surface area contributed by atoms with Gasteiger partial charge in [-0.05, 0) is 42.7 Å². The number of amides is 1. The number of hydrogen-bond acceptors (Lipinski definition) is 8. The number of carbonyl (C=O) groups is 2. The van der Waals surface area contributed by atoms with Crippen LogP contribution in [0, 0.1) is 0 Å². The van der Waals surface area contributed by atoms with Crippen molar-refractivity contribution in [2.45, 2.75) is 36.4 Å². The summed E-state index contributed by atoms with van der Waals surface area (Å²) in [7, 11) is -3.04. The quantitative estimate of drug-likeness (QED) is 0.279. The Bertz CT molecular complexity index is 1800. The second-order valence-corrected chi connectivity index (χ2v) is 12.9. The van der Waals surface area contributed by atoms with E-state index in [1.54, 1.807) is 31.5 Å². The number of anilines is 2. The van der Waals surface area contributed by atoms with Crippen molar-refractivity contribution in [3.05, 3.63) is 83.0 Å². The highest BCUT2D eigenvalue weighted by Crippen LogP contribution is 2.45. The van der Waals surface area contributed by atoms with Crippen molar-refractivity contribution in [1.82, 2.24) is 23.8 Å². The molecule has 11 nitrogen and oxygen atoms in total. The Balaban J connectivity index is 1.45. The lowest BCUT2D eigenvalue weighted by Gasteiger charge is -2.37. The number of esters is 1. The number of imidazole rings is 1. The van der Waals surface area contributed by atoms with Gasteiger partial charge in [-0.15, -0.1) is 0 Å². The van der Waals surface area contributed by atoms with E-state index in [0.29, 0.717) is 22.2 Å². The lowest BCUT2D eigenvalue weighted by Crippen LogP contribution is -2.56. The minimum Gasteiger partial charge on any atom is -0.468 e. The number of carbonyl (C=O) groups excluding carboxylic acids is 2. The van der Waals surface area contributed by atoms with Crippen LogP contribution in [0.15, 0.2) is 72.4 Å². The van der Waals surface area contributed by atoms with Gasteiger partial charge in [0.15, 0.2) is 5.03 Å². The number of fused-ring (bicyclic) bond motifs is 1. The molecule has 216 valence electrons. The number of rotatable bonds is 7. The Morgan fingerprint density at radius 1 is 1.05 bits per heavy atom. The Morgan fingerprint density at radius 2 is 1.71 bits per heavy atom. The summed E-state index contributed by atoms with van der Waals surface area (Å²) in [5, 5.41) is 0.384. The zero-order chi connectivity index (χ0) is 29.8. The summed E-state index contributed by atoms with van der Waals surface area (Å²) in [6.07, 6.45) is 6.52. The highest BCUT2D eigenvalue weighted by molar-refractivity contribution is 7.89. The van der Waals surface area contributed by atoms with Crippen molar-refractivity contribution in [3.8, 4) is 11.1 Å². The molecular weight excluding hydrogens is 603 g/mol. The van der Waals surface area contributed by atoms with Gasteiger partial charge >= 0.3 is 5.97 Å². The van der Waals surface area contributed by atoms with Gasteiger partial charge < -0.3 is 4.74 Å². The minimum atomic E-state index is -4.25. The summed E-state index contributed by atoms with van der Waals surface area (Å²) in [5.74, 6) is -0.981. The highest BCUT2D eigenvalue weighted by atomic mass is 35.5. The molecule has 0 saturated carbocycles. The van der Waals surface area contributed by atoms with E-state index >= 15 is 0 Å². The standard InChI is InChI=1S/C28H24Cl2N6O5S/c1-28(12-17-3-5-18(6-4-17)19-13-31-16-32-14-19)26(38)35(22-10-20(29)9-21(30)11-22)27-33-15-24(36(27)28)42(39,40)34-8-7-23(34)25(37)41-2/h3-6,9-11,13-16,23H,7-8,12H2,1-2H3/t23-,28+/m0/s1. The second kappa shape index (κ2) is 10.5. The van der Waals surface area contributed by atoms with Crippen molar-refractivity contribution >= 4 is 56.7 Å². The van der Waals surface area contributed by atoms with E-state index in [2.05, 4.69) is 15.0 Å². The van der Waals surface area contributed by atoms with Crippen molar-refractivity contribution in [1.29, 1.82) is 0 Å². The molecule has 0 unspecified atom stereocenters. The maximum Gasteiger partial charge on any atom is 0.324 e. The summed E-state index contributed by atoms with van der Waals surface area (Å²) in [6, 6.07) is 11.2. The maximum absolute atomic E-state index is 14.3. The van der Waals surface area contributed by atoms with Gasteiger partial charge in [-0.3, -0.25) is 14.2 Å². The van der Waals surface area contributed by atoms with E-state index in [-0.39, 0.29) is 23.9 Å². The molecule has 1 fully saturated rings. The number of methoxy groups -OCH3 is 1. The Morgan fingerprint density at radius 3 is 2.31 bits per heavy atom. The summed E-state index contributed by atoms with van der Waals surface area (Å²) in [5.41, 5.74) is 1.41. The number of aromatic nitrogens is 4. The average Bonchev–Trinajstić information content (AvgIpc) is 3.46. The molecule has 42 heavy (non-hydrogen) atoms. The first-order valence-electron chi connectivity index (χ1n) is 12.9. The van der Waals surface area contributed by atoms with Crippen molar-refractivity contribution in [3.63, 3.8) is 0 Å². The first-order chi connectivity index (χ1) is 20.0. The van der Waals surface area contributed by atoms with E-state index in [1.165, 1.54) is 35.2 Å². The van der Waals surface area contributed by atoms with Gasteiger partial charge in [0.25, 0.3) is 15.9 Å². The van der Waals surface area contributed by atoms with Crippen LogP contribution in [0.1, 0.15) is 18.9 Å². The lowest BCUT2D eigenvalue weighted by atomic mass is 9.91. The van der Waals surface area contributed by atoms with E-state index < -0.39 is 33.5 Å². The smallest absolute Gasteiger partial charge is 0.324 e. The summed E-state index contributed by atoms with van der Waals surface area (Å²) in [6.45, 7) is 1.80. The van der Waals surface area contributed by atoms with Gasteiger partial charge in [0.2, 0.25) is 5.95 Å². The number of hydrogen-bond donors (Lipinski definition) is 0. The maximum atomic E-state index is 14.3. The zero-order valence-corrected chi connectivity index (χ0v) is 24.8. The normalized spacial score (nSPS) is 20.3. The van der Waals surface area contributed by atoms with Crippen LogP contribution < -0.4 is 4.90 Å². The van der Waals surface area contributed by atoms with Gasteiger partial charge in [0, 0.05) is 41.0 Å². The molecule has 1 saturated heterocycles.